The van der Waals surface area contributed by atoms with E-state index in [0.717, 1.165) is 0 Å². The van der Waals surface area contributed by atoms with Crippen LogP contribution in [0.2, 0.25) is 0 Å². The minimum Gasteiger partial charge on any atom is -0.459 e. The molecule has 0 amide bonds. The van der Waals surface area contributed by atoms with Crippen molar-refractivity contribution in [3.05, 3.63) is 23.8 Å². The van der Waals surface area contributed by atoms with Crippen LogP contribution in [0.1, 0.15) is 73.3 Å². The minimum absolute atomic E-state index is 0.0185. The highest BCUT2D eigenvalue weighted by molar-refractivity contribution is 5.76. The van der Waals surface area contributed by atoms with E-state index < -0.39 is 36.5 Å². The van der Waals surface area contributed by atoms with E-state index in [1.54, 1.807) is 19.9 Å². The number of ether oxygens (including phenoxy) is 6. The predicted molar refractivity (Wildman–Crippen MR) is 138 cm³/mol. The molecule has 11 nitrogen and oxygen atoms in total. The highest BCUT2D eigenvalue weighted by Crippen LogP contribution is 2.30. The smallest absolute Gasteiger partial charge is 0.459 e. The lowest BCUT2D eigenvalue weighted by molar-refractivity contribution is -0.167. The number of carbonyl (C=O) groups excluding carboxylic acids is 4. The summed E-state index contributed by atoms with van der Waals surface area (Å²) in [6.45, 7) is 13.0. The van der Waals surface area contributed by atoms with Gasteiger partial charge in [0.15, 0.2) is 11.5 Å². The lowest BCUT2D eigenvalue weighted by Crippen LogP contribution is -2.39. The van der Waals surface area contributed by atoms with Gasteiger partial charge in [-0.3, -0.25) is 9.59 Å². The summed E-state index contributed by atoms with van der Waals surface area (Å²) < 4.78 is 30.9. The second-order valence-electron chi connectivity index (χ2n) is 10.1. The number of hydrogen-bond acceptors (Lipinski definition) is 11. The van der Waals surface area contributed by atoms with Crippen LogP contribution in [0.25, 0.3) is 0 Å². The summed E-state index contributed by atoms with van der Waals surface area (Å²) in [5.41, 5.74) is 6.32. The van der Waals surface area contributed by atoms with Gasteiger partial charge in [0.1, 0.15) is 18.2 Å². The lowest BCUT2D eigenvalue weighted by atomic mass is 9.92. The largest absolute Gasteiger partial charge is 0.513 e. The van der Waals surface area contributed by atoms with Gasteiger partial charge in [-0.2, -0.15) is 0 Å². The van der Waals surface area contributed by atoms with Crippen molar-refractivity contribution in [2.45, 2.75) is 92.4 Å². The van der Waals surface area contributed by atoms with Gasteiger partial charge in [0.25, 0.3) is 0 Å². The van der Waals surface area contributed by atoms with Crippen molar-refractivity contribution >= 4 is 24.2 Å². The van der Waals surface area contributed by atoms with E-state index in [4.69, 9.17) is 34.2 Å². The molecule has 38 heavy (non-hydrogen) atoms. The van der Waals surface area contributed by atoms with Crippen molar-refractivity contribution in [2.75, 3.05) is 13.2 Å². The third-order valence-electron chi connectivity index (χ3n) is 4.96. The fourth-order valence-corrected chi connectivity index (χ4v) is 2.93. The maximum absolute atomic E-state index is 12.6. The summed E-state index contributed by atoms with van der Waals surface area (Å²) in [5, 5.41) is 0. The van der Waals surface area contributed by atoms with Crippen molar-refractivity contribution in [3.8, 4) is 11.5 Å². The molecule has 1 unspecified atom stereocenters. The highest BCUT2D eigenvalue weighted by Gasteiger charge is 2.26. The molecule has 0 aliphatic rings. The van der Waals surface area contributed by atoms with Crippen molar-refractivity contribution in [2.24, 2.45) is 11.1 Å². The first kappa shape index (κ1) is 32.7. The number of hydrogen-bond donors (Lipinski definition) is 1. The molecular formula is C27H41NO10. The van der Waals surface area contributed by atoms with E-state index in [2.05, 4.69) is 0 Å². The number of carbonyl (C=O) groups is 4. The number of esters is 2. The fourth-order valence-electron chi connectivity index (χ4n) is 2.93. The van der Waals surface area contributed by atoms with Crippen molar-refractivity contribution in [3.63, 3.8) is 0 Å². The first-order valence-corrected chi connectivity index (χ1v) is 12.7. The summed E-state index contributed by atoms with van der Waals surface area (Å²) >= 11 is 0. The molecular weight excluding hydrogens is 498 g/mol. The Labute approximate surface area is 224 Å². The first-order chi connectivity index (χ1) is 17.7. The Morgan fingerprint density at radius 1 is 0.842 bits per heavy atom. The molecule has 0 saturated carbocycles. The number of rotatable bonds is 13. The Kier molecular flexibility index (Phi) is 13.6. The van der Waals surface area contributed by atoms with Gasteiger partial charge in [-0.05, 0) is 56.2 Å². The van der Waals surface area contributed by atoms with Crippen LogP contribution in [-0.4, -0.2) is 55.7 Å². The third kappa shape index (κ3) is 12.8. The molecule has 214 valence electrons. The topological polar surface area (TPSA) is 150 Å². The number of nitrogens with two attached hydrogens (primary N) is 1. The predicted octanol–water partition coefficient (Wildman–Crippen LogP) is 4.71. The van der Waals surface area contributed by atoms with Gasteiger partial charge in [-0.1, -0.05) is 40.7 Å². The van der Waals surface area contributed by atoms with Gasteiger partial charge in [0, 0.05) is 0 Å². The summed E-state index contributed by atoms with van der Waals surface area (Å²) in [6.07, 6.45) is -1.90. The first-order valence-electron chi connectivity index (χ1n) is 12.7. The quantitative estimate of drug-likeness (QED) is 0.211. The highest BCUT2D eigenvalue weighted by atomic mass is 16.7. The van der Waals surface area contributed by atoms with Crippen LogP contribution < -0.4 is 15.2 Å². The molecule has 1 aromatic rings. The van der Waals surface area contributed by atoms with E-state index in [1.165, 1.54) is 12.1 Å². The average Bonchev–Trinajstić information content (AvgIpc) is 2.81. The standard InChI is InChI=1S/C27H41NO10/c1-8-12-33-25(31)37-21-11-10-19(15-22(21)38-26(32)34-13-9-2)14-20(28)24(30)36-18(4)17(3)35-23(29)16-27(5,6)7/h10-11,15,17-18,20H,8-9,12-14,16,28H2,1-7H3/t17?,18-,20-/m0/s1. The van der Waals surface area contributed by atoms with Gasteiger partial charge in [-0.25, -0.2) is 9.59 Å². The normalized spacial score (nSPS) is 13.5. The summed E-state index contributed by atoms with van der Waals surface area (Å²) in [4.78, 5) is 48.6. The molecule has 1 rings (SSSR count). The van der Waals surface area contributed by atoms with Crippen LogP contribution in [0.3, 0.4) is 0 Å². The second kappa shape index (κ2) is 15.8. The molecule has 0 aliphatic heterocycles. The van der Waals surface area contributed by atoms with E-state index >= 15 is 0 Å². The maximum atomic E-state index is 12.6. The molecule has 0 bridgehead atoms. The summed E-state index contributed by atoms with van der Waals surface area (Å²) in [5.74, 6) is -1.27. The van der Waals surface area contributed by atoms with Crippen LogP contribution in [-0.2, 0) is 35.0 Å². The molecule has 0 radical (unpaired) electrons. The average molecular weight is 540 g/mol. The van der Waals surface area contributed by atoms with Gasteiger partial charge < -0.3 is 34.2 Å². The molecule has 0 aromatic heterocycles. The van der Waals surface area contributed by atoms with Gasteiger partial charge in [-0.15, -0.1) is 0 Å². The van der Waals surface area contributed by atoms with E-state index in [-0.39, 0.29) is 48.9 Å². The van der Waals surface area contributed by atoms with Crippen LogP contribution in [0, 0.1) is 5.41 Å². The Morgan fingerprint density at radius 2 is 1.37 bits per heavy atom. The molecule has 11 heteroatoms. The zero-order valence-corrected chi connectivity index (χ0v) is 23.4. The van der Waals surface area contributed by atoms with Crippen molar-refractivity contribution in [1.82, 2.24) is 0 Å². The Balaban J connectivity index is 2.87. The fraction of sp³-hybridized carbons (Fsp3) is 0.630. The molecule has 1 aromatic carbocycles. The molecule has 0 saturated heterocycles. The van der Waals surface area contributed by atoms with Crippen LogP contribution in [0.5, 0.6) is 11.5 Å². The molecule has 0 heterocycles. The Bertz CT molecular complexity index is 940. The second-order valence-corrected chi connectivity index (χ2v) is 10.1. The summed E-state index contributed by atoms with van der Waals surface area (Å²) in [7, 11) is 0. The van der Waals surface area contributed by atoms with Crippen LogP contribution in [0.4, 0.5) is 9.59 Å². The summed E-state index contributed by atoms with van der Waals surface area (Å²) in [6, 6.07) is 3.28. The molecule has 2 N–H and O–H groups in total. The van der Waals surface area contributed by atoms with Crippen molar-refractivity contribution < 1.29 is 47.6 Å². The van der Waals surface area contributed by atoms with Crippen LogP contribution >= 0.6 is 0 Å². The van der Waals surface area contributed by atoms with Crippen LogP contribution in [0.15, 0.2) is 18.2 Å². The zero-order valence-electron chi connectivity index (χ0n) is 23.4. The van der Waals surface area contributed by atoms with Crippen molar-refractivity contribution in [1.29, 1.82) is 0 Å². The molecule has 0 aliphatic carbocycles. The lowest BCUT2D eigenvalue weighted by Gasteiger charge is -2.24. The Morgan fingerprint density at radius 3 is 1.89 bits per heavy atom. The third-order valence-corrected chi connectivity index (χ3v) is 4.96. The Hall–Kier alpha value is -3.34. The maximum Gasteiger partial charge on any atom is 0.513 e. The molecule has 0 fully saturated rings. The van der Waals surface area contributed by atoms with E-state index in [0.29, 0.717) is 18.4 Å². The molecule has 3 atom stereocenters. The van der Waals surface area contributed by atoms with E-state index in [1.807, 2.05) is 34.6 Å². The molecule has 0 spiro atoms. The van der Waals surface area contributed by atoms with Gasteiger partial charge >= 0.3 is 24.2 Å². The van der Waals surface area contributed by atoms with Gasteiger partial charge in [0.05, 0.1) is 19.6 Å². The van der Waals surface area contributed by atoms with Gasteiger partial charge in [0.2, 0.25) is 0 Å². The zero-order chi connectivity index (χ0) is 28.9. The minimum atomic E-state index is -1.07. The monoisotopic (exact) mass is 539 g/mol. The SMILES string of the molecule is CCCOC(=O)Oc1ccc(C[C@H](N)C(=O)O[C@@H](C)C(C)OC(=O)CC(C)(C)C)cc1OC(=O)OCCC. The van der Waals surface area contributed by atoms with E-state index in [9.17, 15) is 19.2 Å². The number of benzene rings is 1.